The molecule has 0 unspecified atom stereocenters. The summed E-state index contributed by atoms with van der Waals surface area (Å²) in [5, 5.41) is 32.9. The minimum absolute atomic E-state index is 0.158. The van der Waals surface area contributed by atoms with Gasteiger partial charge in [-0.1, -0.05) is 0 Å². The molecule has 0 bridgehead atoms. The number of benzene rings is 2. The Hall–Kier alpha value is -3.72. The molecule has 2 heterocycles. The second-order valence-electron chi connectivity index (χ2n) is 8.82. The molecule has 3 aromatic rings. The van der Waals surface area contributed by atoms with Crippen LogP contribution in [0.3, 0.4) is 0 Å². The molecular formula is C24H27N5O6. The summed E-state index contributed by atoms with van der Waals surface area (Å²) in [6.45, 7) is 5.59. The number of ether oxygens (including phenoxy) is 3. The number of aryl methyl sites for hydroxylation is 3. The lowest BCUT2D eigenvalue weighted by Gasteiger charge is -2.46. The first-order valence-corrected chi connectivity index (χ1v) is 10.9. The number of nitriles is 1. The lowest BCUT2D eigenvalue weighted by molar-refractivity contribution is -0.385. The first-order chi connectivity index (χ1) is 16.6. The fourth-order valence-corrected chi connectivity index (χ4v) is 4.86. The second kappa shape index (κ2) is 8.81. The molecule has 1 N–H and O–H groups in total. The smallest absolute Gasteiger partial charge is 0.270 e. The first kappa shape index (κ1) is 24.4. The van der Waals surface area contributed by atoms with Crippen molar-refractivity contribution in [2.75, 3.05) is 14.2 Å². The molecule has 0 saturated carbocycles. The Kier molecular flexibility index (Phi) is 6.14. The number of hydrogen-bond donors (Lipinski definition) is 1. The number of aliphatic hydroxyl groups is 1. The fraction of sp³-hybridized carbons (Fsp3) is 0.417. The Morgan fingerprint density at radius 3 is 2.43 bits per heavy atom. The zero-order valence-electron chi connectivity index (χ0n) is 20.3. The van der Waals surface area contributed by atoms with E-state index in [1.54, 1.807) is 23.1 Å². The molecule has 0 radical (unpaired) electrons. The molecule has 11 nitrogen and oxygen atoms in total. The van der Waals surface area contributed by atoms with Gasteiger partial charge in [0.15, 0.2) is 11.9 Å². The molecule has 0 fully saturated rings. The number of nitrogens with zero attached hydrogens (tertiary/aromatic N) is 5. The Morgan fingerprint density at radius 1 is 1.23 bits per heavy atom. The summed E-state index contributed by atoms with van der Waals surface area (Å²) in [7, 11) is 4.64. The number of aliphatic hydroxyl groups excluding tert-OH is 1. The molecule has 11 heteroatoms. The van der Waals surface area contributed by atoms with Crippen molar-refractivity contribution in [2.45, 2.75) is 44.8 Å². The Labute approximate surface area is 201 Å². The van der Waals surface area contributed by atoms with E-state index >= 15 is 0 Å². The van der Waals surface area contributed by atoms with Crippen LogP contribution in [0.5, 0.6) is 5.75 Å². The second-order valence-corrected chi connectivity index (χ2v) is 8.82. The number of nitro benzene ring substituents is 1. The van der Waals surface area contributed by atoms with Crippen LogP contribution in [0.2, 0.25) is 0 Å². The number of hydrogen-bond acceptors (Lipinski definition) is 8. The SMILES string of the molecule is COC(OC)[C@@]1(C)Oc2ccc([N+](=O)[O-])cc2[C@H](n2c(=NC#N)n(C)c3cc(C)c(C)cc32)[C@H]1O. The maximum absolute atomic E-state index is 11.8. The highest BCUT2D eigenvalue weighted by Gasteiger charge is 2.53. The molecular weight excluding hydrogens is 454 g/mol. The minimum atomic E-state index is -1.41. The summed E-state index contributed by atoms with van der Waals surface area (Å²) in [6, 6.07) is 7.21. The van der Waals surface area contributed by atoms with Gasteiger partial charge in [0.1, 0.15) is 11.9 Å². The third-order valence-corrected chi connectivity index (χ3v) is 6.79. The van der Waals surface area contributed by atoms with Crippen LogP contribution in [-0.4, -0.2) is 51.4 Å². The van der Waals surface area contributed by atoms with Gasteiger partial charge in [0.2, 0.25) is 11.8 Å². The number of rotatable bonds is 5. The van der Waals surface area contributed by atoms with Crippen LogP contribution < -0.4 is 10.4 Å². The van der Waals surface area contributed by atoms with E-state index in [0.29, 0.717) is 16.8 Å². The highest BCUT2D eigenvalue weighted by Crippen LogP contribution is 2.45. The molecule has 1 aliphatic heterocycles. The molecule has 0 amide bonds. The van der Waals surface area contributed by atoms with Gasteiger partial charge in [-0.15, -0.1) is 4.99 Å². The number of methoxy groups -OCH3 is 2. The lowest BCUT2D eigenvalue weighted by atomic mass is 9.84. The van der Waals surface area contributed by atoms with Crippen LogP contribution in [0, 0.1) is 35.4 Å². The quantitative estimate of drug-likeness (QED) is 0.256. The zero-order valence-corrected chi connectivity index (χ0v) is 20.3. The molecule has 1 aromatic heterocycles. The molecule has 1 aliphatic rings. The largest absolute Gasteiger partial charge is 0.479 e. The van der Waals surface area contributed by atoms with Crippen molar-refractivity contribution in [1.29, 1.82) is 5.26 Å². The first-order valence-electron chi connectivity index (χ1n) is 10.9. The number of non-ortho nitro benzene ring substituents is 1. The number of nitro groups is 1. The van der Waals surface area contributed by atoms with Crippen LogP contribution in [0.25, 0.3) is 11.0 Å². The Bertz CT molecular complexity index is 1430. The van der Waals surface area contributed by atoms with E-state index in [1.165, 1.54) is 32.4 Å². The van der Waals surface area contributed by atoms with Gasteiger partial charge in [0, 0.05) is 39.0 Å². The molecule has 35 heavy (non-hydrogen) atoms. The van der Waals surface area contributed by atoms with Gasteiger partial charge in [0.05, 0.1) is 22.0 Å². The summed E-state index contributed by atoms with van der Waals surface area (Å²) < 4.78 is 20.6. The van der Waals surface area contributed by atoms with Gasteiger partial charge in [-0.2, -0.15) is 5.26 Å². The summed E-state index contributed by atoms with van der Waals surface area (Å²) >= 11 is 0. The minimum Gasteiger partial charge on any atom is -0.479 e. The van der Waals surface area contributed by atoms with Gasteiger partial charge in [0.25, 0.3) is 5.69 Å². The van der Waals surface area contributed by atoms with Crippen LogP contribution in [0.15, 0.2) is 35.3 Å². The van der Waals surface area contributed by atoms with Crippen molar-refractivity contribution in [3.05, 3.63) is 62.8 Å². The zero-order chi connectivity index (χ0) is 25.7. The summed E-state index contributed by atoms with van der Waals surface area (Å²) in [5.41, 5.74) is 2.60. The van der Waals surface area contributed by atoms with E-state index in [2.05, 4.69) is 4.99 Å². The Morgan fingerprint density at radius 2 is 1.86 bits per heavy atom. The molecule has 184 valence electrons. The average Bonchev–Trinajstić information content (AvgIpc) is 3.06. The fourth-order valence-electron chi connectivity index (χ4n) is 4.86. The van der Waals surface area contributed by atoms with Crippen molar-refractivity contribution in [2.24, 2.45) is 12.0 Å². The molecule has 2 aromatic carbocycles. The molecule has 4 rings (SSSR count). The van der Waals surface area contributed by atoms with Gasteiger partial charge >= 0.3 is 0 Å². The number of fused-ring (bicyclic) bond motifs is 2. The van der Waals surface area contributed by atoms with Crippen molar-refractivity contribution < 1.29 is 24.2 Å². The van der Waals surface area contributed by atoms with Crippen molar-refractivity contribution >= 4 is 16.7 Å². The molecule has 3 atom stereocenters. The summed E-state index contributed by atoms with van der Waals surface area (Å²) in [5.74, 6) is 0.323. The predicted octanol–water partition coefficient (Wildman–Crippen LogP) is 2.61. The van der Waals surface area contributed by atoms with E-state index in [-0.39, 0.29) is 11.3 Å². The van der Waals surface area contributed by atoms with Crippen LogP contribution in [0.1, 0.15) is 29.7 Å². The lowest BCUT2D eigenvalue weighted by Crippen LogP contribution is -2.61. The van der Waals surface area contributed by atoms with Gasteiger partial charge in [-0.3, -0.25) is 14.7 Å². The molecule has 0 saturated heterocycles. The maximum Gasteiger partial charge on any atom is 0.270 e. The third-order valence-electron chi connectivity index (χ3n) is 6.79. The Balaban J connectivity index is 2.14. The van der Waals surface area contributed by atoms with E-state index in [4.69, 9.17) is 14.2 Å². The van der Waals surface area contributed by atoms with Crippen molar-refractivity contribution in [1.82, 2.24) is 9.13 Å². The van der Waals surface area contributed by atoms with Crippen molar-refractivity contribution in [3.63, 3.8) is 0 Å². The number of aromatic nitrogens is 2. The molecule has 0 spiro atoms. The van der Waals surface area contributed by atoms with Gasteiger partial charge < -0.3 is 23.9 Å². The standard InChI is InChI=1S/C24H27N5O6/c1-13-9-17-18(10-14(13)2)28(23(26-12-25)27(17)4)20-16-11-15(29(31)32)7-8-19(16)35-24(3,21(20)30)22(33-5)34-6/h7-11,20-22,30H,1-6H3/t20-,21+,24-/m0/s1. The monoisotopic (exact) mass is 481 g/mol. The predicted molar refractivity (Wildman–Crippen MR) is 126 cm³/mol. The molecule has 0 aliphatic carbocycles. The normalized spacial score (nSPS) is 22.2. The maximum atomic E-state index is 11.8. The van der Waals surface area contributed by atoms with Crippen LogP contribution in [0.4, 0.5) is 5.69 Å². The van der Waals surface area contributed by atoms with Crippen LogP contribution >= 0.6 is 0 Å². The van der Waals surface area contributed by atoms with E-state index in [0.717, 1.165) is 16.6 Å². The average molecular weight is 482 g/mol. The highest BCUT2D eigenvalue weighted by molar-refractivity contribution is 5.78. The van der Waals surface area contributed by atoms with E-state index < -0.39 is 29.0 Å². The third kappa shape index (κ3) is 3.67. The van der Waals surface area contributed by atoms with Crippen LogP contribution in [-0.2, 0) is 16.5 Å². The number of imidazole rings is 1. The van der Waals surface area contributed by atoms with E-state index in [1.807, 2.05) is 32.2 Å². The summed E-state index contributed by atoms with van der Waals surface area (Å²) in [6.07, 6.45) is -0.445. The van der Waals surface area contributed by atoms with Crippen molar-refractivity contribution in [3.8, 4) is 11.9 Å². The van der Waals surface area contributed by atoms with Gasteiger partial charge in [-0.05, 0) is 50.1 Å². The highest BCUT2D eigenvalue weighted by atomic mass is 16.7. The summed E-state index contributed by atoms with van der Waals surface area (Å²) in [4.78, 5) is 15.1. The van der Waals surface area contributed by atoms with Gasteiger partial charge in [-0.25, -0.2) is 0 Å². The van der Waals surface area contributed by atoms with E-state index in [9.17, 15) is 20.5 Å². The topological polar surface area (TPSA) is 137 Å².